The Morgan fingerprint density at radius 1 is 0.964 bits per heavy atom. The third kappa shape index (κ3) is 4.07. The summed E-state index contributed by atoms with van der Waals surface area (Å²) >= 11 is 13.9. The third-order valence-electron chi connectivity index (χ3n) is 4.25. The number of rotatable bonds is 5. The highest BCUT2D eigenvalue weighted by Gasteiger charge is 2.18. The zero-order valence-electron chi connectivity index (χ0n) is 15.0. The van der Waals surface area contributed by atoms with Gasteiger partial charge >= 0.3 is 0 Å². The van der Waals surface area contributed by atoms with Crippen LogP contribution < -0.4 is 0 Å². The van der Waals surface area contributed by atoms with Crippen LogP contribution in [0.4, 0.5) is 0 Å². The van der Waals surface area contributed by atoms with Crippen molar-refractivity contribution in [3.63, 3.8) is 0 Å². The second-order valence-electron chi connectivity index (χ2n) is 6.23. The fourth-order valence-corrected chi connectivity index (χ4v) is 4.01. The van der Waals surface area contributed by atoms with Gasteiger partial charge in [0.05, 0.1) is 5.69 Å². The molecule has 0 aliphatic carbocycles. The van der Waals surface area contributed by atoms with Crippen molar-refractivity contribution in [1.82, 2.24) is 19.7 Å². The Morgan fingerprint density at radius 2 is 1.75 bits per heavy atom. The Balaban J connectivity index is 1.77. The molecule has 4 nitrogen and oxygen atoms in total. The summed E-state index contributed by atoms with van der Waals surface area (Å²) < 4.78 is 2.04. The zero-order valence-corrected chi connectivity index (χ0v) is 17.3. The Hall–Kier alpha value is -2.34. The monoisotopic (exact) mass is 426 g/mol. The van der Waals surface area contributed by atoms with E-state index >= 15 is 0 Å². The Labute approximate surface area is 177 Å². The molecule has 0 N–H and O–H groups in total. The minimum atomic E-state index is 0.667. The molecule has 28 heavy (non-hydrogen) atoms. The van der Waals surface area contributed by atoms with Gasteiger partial charge in [-0.1, -0.05) is 53.2 Å². The summed E-state index contributed by atoms with van der Waals surface area (Å²) in [4.78, 5) is 4.22. The molecule has 0 spiro atoms. The summed E-state index contributed by atoms with van der Waals surface area (Å²) in [5.41, 5.74) is 4.10. The first-order valence-electron chi connectivity index (χ1n) is 8.61. The van der Waals surface area contributed by atoms with Crippen molar-refractivity contribution in [2.45, 2.75) is 17.8 Å². The summed E-state index contributed by atoms with van der Waals surface area (Å²) in [6.45, 7) is 2.05. The van der Waals surface area contributed by atoms with E-state index in [9.17, 15) is 0 Å². The molecule has 0 fully saturated rings. The van der Waals surface area contributed by atoms with Crippen LogP contribution in [0, 0.1) is 6.92 Å². The number of nitrogens with zero attached hydrogens (tertiary/aromatic N) is 4. The molecule has 4 rings (SSSR count). The van der Waals surface area contributed by atoms with Gasteiger partial charge in [-0.3, -0.25) is 9.55 Å². The van der Waals surface area contributed by atoms with Gasteiger partial charge in [-0.25, -0.2) is 0 Å². The highest BCUT2D eigenvalue weighted by molar-refractivity contribution is 7.98. The topological polar surface area (TPSA) is 43.6 Å². The number of hydrogen-bond donors (Lipinski definition) is 0. The molecule has 4 aromatic rings. The average molecular weight is 427 g/mol. The molecule has 0 radical (unpaired) electrons. The van der Waals surface area contributed by atoms with Crippen molar-refractivity contribution >= 4 is 35.0 Å². The van der Waals surface area contributed by atoms with Crippen molar-refractivity contribution in [3.8, 4) is 17.1 Å². The highest BCUT2D eigenvalue weighted by atomic mass is 35.5. The van der Waals surface area contributed by atoms with Crippen LogP contribution in [0.3, 0.4) is 0 Å². The first kappa shape index (κ1) is 19.0. The molecule has 0 aliphatic heterocycles. The van der Waals surface area contributed by atoms with Gasteiger partial charge in [0.25, 0.3) is 0 Å². The highest BCUT2D eigenvalue weighted by Crippen LogP contribution is 2.32. The number of halogens is 2. The molecule has 140 valence electrons. The van der Waals surface area contributed by atoms with Crippen LogP contribution in [-0.4, -0.2) is 19.7 Å². The maximum atomic E-state index is 6.29. The zero-order chi connectivity index (χ0) is 19.5. The van der Waals surface area contributed by atoms with E-state index in [-0.39, 0.29) is 0 Å². The van der Waals surface area contributed by atoms with Gasteiger partial charge in [-0.2, -0.15) is 0 Å². The van der Waals surface area contributed by atoms with Crippen LogP contribution in [0.2, 0.25) is 10.0 Å². The van der Waals surface area contributed by atoms with E-state index in [1.54, 1.807) is 24.2 Å². The molecule has 0 saturated carbocycles. The SMILES string of the molecule is Cc1ccc(Cl)cc1-n1c(SCc2ccc(Cl)cc2)nnc1-c1cccnc1. The first-order chi connectivity index (χ1) is 13.6. The molecule has 0 atom stereocenters. The lowest BCUT2D eigenvalue weighted by atomic mass is 10.2. The average Bonchev–Trinajstić information content (AvgIpc) is 3.14. The van der Waals surface area contributed by atoms with Crippen molar-refractivity contribution < 1.29 is 0 Å². The van der Waals surface area contributed by atoms with Gasteiger partial charge in [-0.15, -0.1) is 10.2 Å². The predicted molar refractivity (Wildman–Crippen MR) is 115 cm³/mol. The van der Waals surface area contributed by atoms with E-state index in [1.165, 1.54) is 0 Å². The normalized spacial score (nSPS) is 11.0. The van der Waals surface area contributed by atoms with E-state index in [2.05, 4.69) is 15.2 Å². The van der Waals surface area contributed by atoms with Crippen LogP contribution >= 0.6 is 35.0 Å². The van der Waals surface area contributed by atoms with Crippen molar-refractivity contribution in [2.75, 3.05) is 0 Å². The molecule has 0 amide bonds. The molecular formula is C21H16Cl2N4S. The maximum Gasteiger partial charge on any atom is 0.196 e. The van der Waals surface area contributed by atoms with Crippen LogP contribution in [-0.2, 0) is 5.75 Å². The first-order valence-corrected chi connectivity index (χ1v) is 10.4. The van der Waals surface area contributed by atoms with Gasteiger partial charge in [0, 0.05) is 33.8 Å². The third-order valence-corrected chi connectivity index (χ3v) is 5.73. The molecule has 2 aromatic heterocycles. The van der Waals surface area contributed by atoms with Gasteiger partial charge < -0.3 is 0 Å². The maximum absolute atomic E-state index is 6.29. The van der Waals surface area contributed by atoms with Gasteiger partial charge in [-0.05, 0) is 54.4 Å². The van der Waals surface area contributed by atoms with E-state index in [4.69, 9.17) is 23.2 Å². The molecule has 0 saturated heterocycles. The van der Waals surface area contributed by atoms with Crippen molar-refractivity contribution in [2.24, 2.45) is 0 Å². The molecule has 0 unspecified atom stereocenters. The lowest BCUT2D eigenvalue weighted by molar-refractivity contribution is 0.880. The molecule has 0 bridgehead atoms. The summed E-state index contributed by atoms with van der Waals surface area (Å²) in [6.07, 6.45) is 3.53. The fourth-order valence-electron chi connectivity index (χ4n) is 2.81. The molecule has 2 aromatic carbocycles. The molecule has 0 aliphatic rings. The fraction of sp³-hybridized carbons (Fsp3) is 0.0952. The minimum Gasteiger partial charge on any atom is -0.270 e. The number of aromatic nitrogens is 4. The van der Waals surface area contributed by atoms with E-state index in [1.807, 2.05) is 66.1 Å². The minimum absolute atomic E-state index is 0.667. The second kappa shape index (κ2) is 8.35. The largest absolute Gasteiger partial charge is 0.270 e. The van der Waals surface area contributed by atoms with Crippen LogP contribution in [0.1, 0.15) is 11.1 Å². The summed E-state index contributed by atoms with van der Waals surface area (Å²) in [5, 5.41) is 11.1. The second-order valence-corrected chi connectivity index (χ2v) is 8.04. The van der Waals surface area contributed by atoms with E-state index in [0.717, 1.165) is 44.1 Å². The smallest absolute Gasteiger partial charge is 0.196 e. The standard InChI is InChI=1S/C21H16Cl2N4S/c1-14-4-7-18(23)11-19(14)27-20(16-3-2-10-24-12-16)25-26-21(27)28-13-15-5-8-17(22)9-6-15/h2-12H,13H2,1H3. The number of aryl methyl sites for hydroxylation is 1. The molecular weight excluding hydrogens is 411 g/mol. The lowest BCUT2D eigenvalue weighted by Gasteiger charge is -2.13. The van der Waals surface area contributed by atoms with Crippen LogP contribution in [0.15, 0.2) is 72.1 Å². The summed E-state index contributed by atoms with van der Waals surface area (Å²) in [5.74, 6) is 1.49. The summed E-state index contributed by atoms with van der Waals surface area (Å²) in [6, 6.07) is 17.5. The van der Waals surface area contributed by atoms with E-state index < -0.39 is 0 Å². The number of hydrogen-bond acceptors (Lipinski definition) is 4. The number of thioether (sulfide) groups is 1. The van der Waals surface area contributed by atoms with Gasteiger partial charge in [0.2, 0.25) is 0 Å². The summed E-state index contributed by atoms with van der Waals surface area (Å²) in [7, 11) is 0. The van der Waals surface area contributed by atoms with E-state index in [0.29, 0.717) is 5.02 Å². The molecule has 7 heteroatoms. The number of pyridine rings is 1. The van der Waals surface area contributed by atoms with Gasteiger partial charge in [0.1, 0.15) is 0 Å². The van der Waals surface area contributed by atoms with Crippen LogP contribution in [0.5, 0.6) is 0 Å². The lowest BCUT2D eigenvalue weighted by Crippen LogP contribution is -2.02. The predicted octanol–water partition coefficient (Wildman–Crippen LogP) is 6.24. The number of benzene rings is 2. The molecule has 2 heterocycles. The van der Waals surface area contributed by atoms with Crippen molar-refractivity contribution in [1.29, 1.82) is 0 Å². The van der Waals surface area contributed by atoms with Gasteiger partial charge in [0.15, 0.2) is 11.0 Å². The Bertz CT molecular complexity index is 1100. The quantitative estimate of drug-likeness (QED) is 0.354. The Morgan fingerprint density at radius 3 is 2.50 bits per heavy atom. The van der Waals surface area contributed by atoms with Crippen LogP contribution in [0.25, 0.3) is 17.1 Å². The Kier molecular flexibility index (Phi) is 5.67. The van der Waals surface area contributed by atoms with Crippen molar-refractivity contribution in [3.05, 3.63) is 88.2 Å².